The third-order valence-electron chi connectivity index (χ3n) is 2.50. The van der Waals surface area contributed by atoms with Gasteiger partial charge in [-0.15, -0.1) is 5.10 Å². The zero-order chi connectivity index (χ0) is 15.2. The Labute approximate surface area is 119 Å². The molecule has 112 valence electrons. The Morgan fingerprint density at radius 3 is 3.00 bits per heavy atom. The smallest absolute Gasteiger partial charge is 0.325 e. The van der Waals surface area contributed by atoms with E-state index in [0.29, 0.717) is 11.5 Å². The van der Waals surface area contributed by atoms with E-state index < -0.39 is 5.97 Å². The van der Waals surface area contributed by atoms with Crippen LogP contribution in [-0.2, 0) is 24.4 Å². The monoisotopic (exact) mass is 294 g/mol. The molecule has 2 heterocycles. The van der Waals surface area contributed by atoms with Crippen LogP contribution in [0.3, 0.4) is 0 Å². The second-order valence-electron chi connectivity index (χ2n) is 4.25. The van der Waals surface area contributed by atoms with Crippen LogP contribution in [0.25, 0.3) is 0 Å². The van der Waals surface area contributed by atoms with Crippen molar-refractivity contribution in [1.82, 2.24) is 40.4 Å². The van der Waals surface area contributed by atoms with E-state index in [1.807, 2.05) is 0 Å². The number of H-pyrrole nitrogens is 1. The Balaban J connectivity index is 1.80. The predicted molar refractivity (Wildman–Crippen MR) is 67.7 cm³/mol. The van der Waals surface area contributed by atoms with Gasteiger partial charge in [-0.3, -0.25) is 9.89 Å². The molecule has 0 aromatic carbocycles. The van der Waals surface area contributed by atoms with Gasteiger partial charge in [-0.1, -0.05) is 5.21 Å². The lowest BCUT2D eigenvalue weighted by Crippen LogP contribution is -2.36. The van der Waals surface area contributed by atoms with E-state index >= 15 is 0 Å². The SMILES string of the molecule is CN(Cc1ncn[nH]1)C(=O)NCc1cn(CC(=O)O)nn1. The minimum absolute atomic E-state index is 0.152. The Hall–Kier alpha value is -2.98. The number of hydrogen-bond acceptors (Lipinski definition) is 6. The molecule has 0 aliphatic rings. The highest BCUT2D eigenvalue weighted by Crippen LogP contribution is 1.97. The van der Waals surface area contributed by atoms with Gasteiger partial charge in [0.15, 0.2) is 0 Å². The van der Waals surface area contributed by atoms with Crippen molar-refractivity contribution in [3.05, 3.63) is 24.0 Å². The van der Waals surface area contributed by atoms with E-state index in [1.165, 1.54) is 22.1 Å². The van der Waals surface area contributed by atoms with Crippen LogP contribution in [0.4, 0.5) is 4.79 Å². The van der Waals surface area contributed by atoms with Gasteiger partial charge in [0, 0.05) is 7.05 Å². The molecule has 11 nitrogen and oxygen atoms in total. The lowest BCUT2D eigenvalue weighted by molar-refractivity contribution is -0.137. The van der Waals surface area contributed by atoms with E-state index in [0.717, 1.165) is 0 Å². The molecular formula is C10H14N8O3. The number of amides is 2. The summed E-state index contributed by atoms with van der Waals surface area (Å²) in [4.78, 5) is 27.7. The average Bonchev–Trinajstić information content (AvgIpc) is 3.07. The molecule has 3 N–H and O–H groups in total. The molecular weight excluding hydrogens is 280 g/mol. The number of carbonyl (C=O) groups is 2. The maximum Gasteiger partial charge on any atom is 0.325 e. The van der Waals surface area contributed by atoms with Crippen LogP contribution >= 0.6 is 0 Å². The van der Waals surface area contributed by atoms with Gasteiger partial charge in [-0.25, -0.2) is 14.5 Å². The van der Waals surface area contributed by atoms with Gasteiger partial charge in [0.05, 0.1) is 19.3 Å². The molecule has 0 saturated heterocycles. The van der Waals surface area contributed by atoms with E-state index in [4.69, 9.17) is 5.11 Å². The molecule has 2 amide bonds. The molecule has 0 radical (unpaired) electrons. The third-order valence-corrected chi connectivity index (χ3v) is 2.50. The number of carbonyl (C=O) groups excluding carboxylic acids is 1. The highest BCUT2D eigenvalue weighted by atomic mass is 16.4. The summed E-state index contributed by atoms with van der Waals surface area (Å²) >= 11 is 0. The van der Waals surface area contributed by atoms with Crippen molar-refractivity contribution in [1.29, 1.82) is 0 Å². The summed E-state index contributed by atoms with van der Waals surface area (Å²) in [6, 6.07) is -0.320. The van der Waals surface area contributed by atoms with Crippen molar-refractivity contribution >= 4 is 12.0 Å². The zero-order valence-electron chi connectivity index (χ0n) is 11.2. The van der Waals surface area contributed by atoms with E-state index in [1.54, 1.807) is 7.05 Å². The van der Waals surface area contributed by atoms with Crippen molar-refractivity contribution in [3.63, 3.8) is 0 Å². The maximum atomic E-state index is 11.8. The fraction of sp³-hybridized carbons (Fsp3) is 0.400. The van der Waals surface area contributed by atoms with Crippen LogP contribution in [0.2, 0.25) is 0 Å². The molecule has 2 rings (SSSR count). The summed E-state index contributed by atoms with van der Waals surface area (Å²) in [5, 5.41) is 25.0. The average molecular weight is 294 g/mol. The van der Waals surface area contributed by atoms with Crippen molar-refractivity contribution < 1.29 is 14.7 Å². The second-order valence-corrected chi connectivity index (χ2v) is 4.25. The highest BCUT2D eigenvalue weighted by Gasteiger charge is 2.11. The van der Waals surface area contributed by atoms with Crippen LogP contribution in [-0.4, -0.2) is 59.2 Å². The zero-order valence-corrected chi connectivity index (χ0v) is 11.2. The molecule has 0 bridgehead atoms. The quantitative estimate of drug-likeness (QED) is 0.608. The minimum Gasteiger partial charge on any atom is -0.480 e. The molecule has 2 aromatic heterocycles. The second kappa shape index (κ2) is 6.45. The number of nitrogens with zero attached hydrogens (tertiary/aromatic N) is 6. The Kier molecular flexibility index (Phi) is 4.43. The highest BCUT2D eigenvalue weighted by molar-refractivity contribution is 5.73. The summed E-state index contributed by atoms with van der Waals surface area (Å²) in [6.07, 6.45) is 2.83. The molecule has 0 fully saturated rings. The van der Waals surface area contributed by atoms with Gasteiger partial charge in [0.25, 0.3) is 0 Å². The van der Waals surface area contributed by atoms with Crippen LogP contribution in [0.5, 0.6) is 0 Å². The van der Waals surface area contributed by atoms with Crippen LogP contribution in [0.15, 0.2) is 12.5 Å². The summed E-state index contributed by atoms with van der Waals surface area (Å²) in [6.45, 7) is 0.170. The Bertz CT molecular complexity index is 608. The van der Waals surface area contributed by atoms with Crippen molar-refractivity contribution in [3.8, 4) is 0 Å². The largest absolute Gasteiger partial charge is 0.480 e. The summed E-state index contributed by atoms with van der Waals surface area (Å²) < 4.78 is 1.18. The number of nitrogens with one attached hydrogen (secondary N) is 2. The lowest BCUT2D eigenvalue weighted by Gasteiger charge is -2.15. The maximum absolute atomic E-state index is 11.8. The number of carboxylic acid groups (broad SMARTS) is 1. The van der Waals surface area contributed by atoms with Gasteiger partial charge in [-0.2, -0.15) is 5.10 Å². The van der Waals surface area contributed by atoms with Crippen molar-refractivity contribution in [2.45, 2.75) is 19.6 Å². The van der Waals surface area contributed by atoms with Gasteiger partial charge < -0.3 is 15.3 Å². The molecule has 0 unspecified atom stereocenters. The fourth-order valence-corrected chi connectivity index (χ4v) is 1.54. The van der Waals surface area contributed by atoms with Gasteiger partial charge in [0.1, 0.15) is 24.4 Å². The molecule has 11 heteroatoms. The lowest BCUT2D eigenvalue weighted by atomic mass is 10.4. The van der Waals surface area contributed by atoms with E-state index in [-0.39, 0.29) is 25.7 Å². The van der Waals surface area contributed by atoms with Crippen molar-refractivity contribution in [2.24, 2.45) is 0 Å². The molecule has 2 aromatic rings. The Morgan fingerprint density at radius 2 is 2.33 bits per heavy atom. The number of aromatic nitrogens is 6. The number of hydrogen-bond donors (Lipinski definition) is 3. The summed E-state index contributed by atoms with van der Waals surface area (Å²) in [7, 11) is 1.61. The number of aliphatic carboxylic acids is 1. The first-order chi connectivity index (χ1) is 10.0. The predicted octanol–water partition coefficient (Wildman–Crippen LogP) is -1.18. The standard InChI is InChI=1S/C10H14N8O3/c1-17(4-8-12-6-13-15-8)10(21)11-2-7-3-18(16-14-7)5-9(19)20/h3,6H,2,4-5H2,1H3,(H,11,21)(H,19,20)(H,12,13,15). The van der Waals surface area contributed by atoms with Crippen LogP contribution < -0.4 is 5.32 Å². The topological polar surface area (TPSA) is 142 Å². The fourth-order valence-electron chi connectivity index (χ4n) is 1.54. The van der Waals surface area contributed by atoms with Crippen LogP contribution in [0.1, 0.15) is 11.5 Å². The number of urea groups is 1. The van der Waals surface area contributed by atoms with Crippen molar-refractivity contribution in [2.75, 3.05) is 7.05 Å². The molecule has 0 atom stereocenters. The molecule has 0 saturated carbocycles. The van der Waals surface area contributed by atoms with E-state index in [9.17, 15) is 9.59 Å². The third kappa shape index (κ3) is 4.26. The molecule has 0 aliphatic heterocycles. The summed E-state index contributed by atoms with van der Waals surface area (Å²) in [5.74, 6) is -0.442. The number of carboxylic acids is 1. The molecule has 0 aliphatic carbocycles. The first-order valence-electron chi connectivity index (χ1n) is 5.98. The number of aromatic amines is 1. The van der Waals surface area contributed by atoms with Gasteiger partial charge in [-0.05, 0) is 0 Å². The first-order valence-corrected chi connectivity index (χ1v) is 5.98. The molecule has 21 heavy (non-hydrogen) atoms. The Morgan fingerprint density at radius 1 is 1.52 bits per heavy atom. The summed E-state index contributed by atoms with van der Waals surface area (Å²) in [5.41, 5.74) is 0.470. The number of rotatable bonds is 6. The van der Waals surface area contributed by atoms with Gasteiger partial charge in [0.2, 0.25) is 0 Å². The first kappa shape index (κ1) is 14.4. The van der Waals surface area contributed by atoms with Crippen LogP contribution in [0, 0.1) is 0 Å². The minimum atomic E-state index is -1.01. The molecule has 0 spiro atoms. The van der Waals surface area contributed by atoms with E-state index in [2.05, 4.69) is 30.8 Å². The van der Waals surface area contributed by atoms with Gasteiger partial charge >= 0.3 is 12.0 Å². The normalized spacial score (nSPS) is 10.3.